The normalized spacial score (nSPS) is 11.0. The van der Waals surface area contributed by atoms with Crippen molar-refractivity contribution in [2.45, 2.75) is 0 Å². The fourth-order valence-electron chi connectivity index (χ4n) is 2.36. The van der Waals surface area contributed by atoms with Crippen molar-refractivity contribution >= 4 is 22.8 Å². The Hall–Kier alpha value is -2.79. The summed E-state index contributed by atoms with van der Waals surface area (Å²) in [4.78, 5) is 17.2. The summed E-state index contributed by atoms with van der Waals surface area (Å²) in [5, 5.41) is 0.192. The molecule has 0 N–H and O–H groups in total. The number of hydrogen-bond acceptors (Lipinski definition) is 4. The smallest absolute Gasteiger partial charge is 0.225 e. The third-order valence-electron chi connectivity index (χ3n) is 3.36. The quantitative estimate of drug-likeness (QED) is 0.532. The number of aromatic nitrogens is 5. The van der Waals surface area contributed by atoms with E-state index in [1.165, 1.54) is 0 Å². The van der Waals surface area contributed by atoms with Crippen molar-refractivity contribution in [2.24, 2.45) is 0 Å². The maximum Gasteiger partial charge on any atom is 0.225 e. The molecule has 4 aromatic rings. The highest BCUT2D eigenvalue weighted by atomic mass is 35.5. The van der Waals surface area contributed by atoms with Crippen LogP contribution in [0.2, 0.25) is 5.28 Å². The highest BCUT2D eigenvalue weighted by Crippen LogP contribution is 2.27. The lowest BCUT2D eigenvalue weighted by Gasteiger charge is -2.05. The molecule has 22 heavy (non-hydrogen) atoms. The molecule has 4 rings (SSSR count). The lowest BCUT2D eigenvalue weighted by molar-refractivity contribution is 1.06. The Bertz CT molecular complexity index is 935. The molecule has 0 aliphatic carbocycles. The van der Waals surface area contributed by atoms with Gasteiger partial charge in [0.2, 0.25) is 5.28 Å². The van der Waals surface area contributed by atoms with Gasteiger partial charge in [0.25, 0.3) is 0 Å². The molecule has 3 heterocycles. The first kappa shape index (κ1) is 12.9. The van der Waals surface area contributed by atoms with Crippen LogP contribution in [0.5, 0.6) is 0 Å². The maximum absolute atomic E-state index is 6.11. The molecular weight excluding hydrogens is 298 g/mol. The number of rotatable bonds is 2. The van der Waals surface area contributed by atoms with E-state index in [1.807, 2.05) is 47.0 Å². The number of benzene rings is 1. The molecule has 0 unspecified atom stereocenters. The summed E-state index contributed by atoms with van der Waals surface area (Å²) in [6, 6.07) is 13.6. The molecule has 0 aliphatic heterocycles. The van der Waals surface area contributed by atoms with E-state index < -0.39 is 0 Å². The fourth-order valence-corrected chi connectivity index (χ4v) is 2.53. The van der Waals surface area contributed by atoms with E-state index in [9.17, 15) is 0 Å². The predicted molar refractivity (Wildman–Crippen MR) is 84.9 cm³/mol. The molecule has 1 aromatic carbocycles. The van der Waals surface area contributed by atoms with E-state index in [0.717, 1.165) is 11.3 Å². The van der Waals surface area contributed by atoms with Gasteiger partial charge in [-0.1, -0.05) is 18.2 Å². The number of fused-ring (bicyclic) bond motifs is 1. The van der Waals surface area contributed by atoms with Crippen LogP contribution in [0.4, 0.5) is 0 Å². The molecule has 0 bridgehead atoms. The SMILES string of the molecule is Clc1nc(-c2ccncc2)c2ncn(-c3ccccc3)c2n1. The Morgan fingerprint density at radius 1 is 0.909 bits per heavy atom. The molecule has 6 heteroatoms. The van der Waals surface area contributed by atoms with Crippen LogP contribution < -0.4 is 0 Å². The third-order valence-corrected chi connectivity index (χ3v) is 3.53. The molecule has 0 radical (unpaired) electrons. The summed E-state index contributed by atoms with van der Waals surface area (Å²) in [5.74, 6) is 0. The highest BCUT2D eigenvalue weighted by Gasteiger charge is 2.14. The number of halogens is 1. The van der Waals surface area contributed by atoms with E-state index in [1.54, 1.807) is 18.7 Å². The topological polar surface area (TPSA) is 56.5 Å². The van der Waals surface area contributed by atoms with Crippen LogP contribution in [0, 0.1) is 0 Å². The largest absolute Gasteiger partial charge is 0.283 e. The van der Waals surface area contributed by atoms with Crippen LogP contribution >= 0.6 is 11.6 Å². The lowest BCUT2D eigenvalue weighted by Crippen LogP contribution is -1.96. The molecule has 3 aromatic heterocycles. The molecule has 0 saturated carbocycles. The minimum Gasteiger partial charge on any atom is -0.283 e. The van der Waals surface area contributed by atoms with Crippen molar-refractivity contribution in [3.05, 3.63) is 66.5 Å². The Balaban J connectivity index is 2.00. The highest BCUT2D eigenvalue weighted by molar-refractivity contribution is 6.28. The average molecular weight is 308 g/mol. The fraction of sp³-hybridized carbons (Fsp3) is 0. The van der Waals surface area contributed by atoms with Crippen LogP contribution in [-0.2, 0) is 0 Å². The molecule has 0 atom stereocenters. The number of para-hydroxylation sites is 1. The minimum absolute atomic E-state index is 0.192. The average Bonchev–Trinajstić information content (AvgIpc) is 2.99. The van der Waals surface area contributed by atoms with E-state index in [2.05, 4.69) is 19.9 Å². The Morgan fingerprint density at radius 2 is 1.68 bits per heavy atom. The van der Waals surface area contributed by atoms with Gasteiger partial charge in [0.05, 0.1) is 0 Å². The first-order chi connectivity index (χ1) is 10.8. The second kappa shape index (κ2) is 5.20. The molecule has 0 spiro atoms. The standard InChI is InChI=1S/C16H10ClN5/c17-16-20-13(11-6-8-18-9-7-11)14-15(21-16)22(10-19-14)12-4-2-1-3-5-12/h1-10H. The van der Waals surface area contributed by atoms with Gasteiger partial charge < -0.3 is 0 Å². The van der Waals surface area contributed by atoms with Crippen molar-refractivity contribution in [2.75, 3.05) is 0 Å². The summed E-state index contributed by atoms with van der Waals surface area (Å²) in [6.07, 6.45) is 5.16. The van der Waals surface area contributed by atoms with Crippen molar-refractivity contribution in [3.8, 4) is 16.9 Å². The molecular formula is C16H10ClN5. The molecule has 106 valence electrons. The summed E-state index contributed by atoms with van der Waals surface area (Å²) in [6.45, 7) is 0. The van der Waals surface area contributed by atoms with Crippen LogP contribution in [0.3, 0.4) is 0 Å². The number of nitrogens with zero attached hydrogens (tertiary/aromatic N) is 5. The van der Waals surface area contributed by atoms with Crippen molar-refractivity contribution in [3.63, 3.8) is 0 Å². The van der Waals surface area contributed by atoms with Gasteiger partial charge >= 0.3 is 0 Å². The van der Waals surface area contributed by atoms with Gasteiger partial charge in [-0.2, -0.15) is 4.98 Å². The summed E-state index contributed by atoms with van der Waals surface area (Å²) in [5.41, 5.74) is 3.97. The molecule has 0 amide bonds. The Kier molecular flexibility index (Phi) is 3.05. The summed E-state index contributed by atoms with van der Waals surface area (Å²) < 4.78 is 1.90. The van der Waals surface area contributed by atoms with Crippen molar-refractivity contribution in [1.82, 2.24) is 24.5 Å². The first-order valence-corrected chi connectivity index (χ1v) is 7.07. The minimum atomic E-state index is 0.192. The van der Waals surface area contributed by atoms with E-state index in [0.29, 0.717) is 16.9 Å². The summed E-state index contributed by atoms with van der Waals surface area (Å²) in [7, 11) is 0. The molecule has 0 fully saturated rings. The molecule has 5 nitrogen and oxygen atoms in total. The van der Waals surface area contributed by atoms with E-state index >= 15 is 0 Å². The number of imidazole rings is 1. The number of hydrogen-bond donors (Lipinski definition) is 0. The Morgan fingerprint density at radius 3 is 2.45 bits per heavy atom. The van der Waals surface area contributed by atoms with Gasteiger partial charge in [-0.25, -0.2) is 9.97 Å². The Labute approximate surface area is 131 Å². The lowest BCUT2D eigenvalue weighted by atomic mass is 10.2. The second-order valence-electron chi connectivity index (χ2n) is 4.70. The molecule has 0 saturated heterocycles. The van der Waals surface area contributed by atoms with Crippen LogP contribution in [0.1, 0.15) is 0 Å². The van der Waals surface area contributed by atoms with Gasteiger partial charge in [0.15, 0.2) is 5.65 Å². The first-order valence-electron chi connectivity index (χ1n) is 6.69. The van der Waals surface area contributed by atoms with Gasteiger partial charge in [0, 0.05) is 23.6 Å². The number of pyridine rings is 1. The van der Waals surface area contributed by atoms with Crippen LogP contribution in [-0.4, -0.2) is 24.5 Å². The van der Waals surface area contributed by atoms with Gasteiger partial charge in [-0.05, 0) is 35.9 Å². The zero-order chi connectivity index (χ0) is 14.9. The monoisotopic (exact) mass is 307 g/mol. The van der Waals surface area contributed by atoms with Crippen molar-refractivity contribution in [1.29, 1.82) is 0 Å². The van der Waals surface area contributed by atoms with Crippen LogP contribution in [0.25, 0.3) is 28.1 Å². The van der Waals surface area contributed by atoms with Gasteiger partial charge in [-0.15, -0.1) is 0 Å². The summed E-state index contributed by atoms with van der Waals surface area (Å²) >= 11 is 6.11. The van der Waals surface area contributed by atoms with E-state index in [4.69, 9.17) is 11.6 Å². The molecule has 0 aliphatic rings. The van der Waals surface area contributed by atoms with Crippen LogP contribution in [0.15, 0.2) is 61.2 Å². The van der Waals surface area contributed by atoms with Gasteiger partial charge in [0.1, 0.15) is 17.5 Å². The third kappa shape index (κ3) is 2.12. The zero-order valence-electron chi connectivity index (χ0n) is 11.4. The van der Waals surface area contributed by atoms with Gasteiger partial charge in [-0.3, -0.25) is 9.55 Å². The maximum atomic E-state index is 6.11. The predicted octanol–water partition coefficient (Wildman–Crippen LogP) is 3.53. The zero-order valence-corrected chi connectivity index (χ0v) is 12.1. The van der Waals surface area contributed by atoms with Crippen molar-refractivity contribution < 1.29 is 0 Å². The van der Waals surface area contributed by atoms with E-state index in [-0.39, 0.29) is 5.28 Å². The second-order valence-corrected chi connectivity index (χ2v) is 5.04.